The Morgan fingerprint density at radius 2 is 0.584 bits per heavy atom. The van der Waals surface area contributed by atoms with E-state index in [9.17, 15) is 43.2 Å². The second-order valence-corrected chi connectivity index (χ2v) is 32.7. The van der Waals surface area contributed by atoms with Gasteiger partial charge in [-0.25, -0.2) is 9.13 Å². The van der Waals surface area contributed by atoms with Crippen LogP contribution in [0.2, 0.25) is 0 Å². The van der Waals surface area contributed by atoms with Crippen LogP contribution in [0, 0.1) is 17.8 Å². The Hall–Kier alpha value is -2.46. The summed E-state index contributed by atoms with van der Waals surface area (Å²) < 4.78 is 68.7. The van der Waals surface area contributed by atoms with Crippen molar-refractivity contribution in [3.8, 4) is 0 Å². The Morgan fingerprint density at radius 3 is 0.881 bits per heavy atom. The molecule has 3 N–H and O–H groups in total. The van der Waals surface area contributed by atoms with E-state index in [2.05, 4.69) is 72.8 Å². The first-order valence-corrected chi connectivity index (χ1v) is 44.7. The lowest BCUT2D eigenvalue weighted by molar-refractivity contribution is -0.161. The molecule has 19 heteroatoms. The Kier molecular flexibility index (Phi) is 70.0. The molecule has 0 aromatic heterocycles. The van der Waals surface area contributed by atoms with Crippen molar-refractivity contribution in [3.63, 3.8) is 0 Å². The second-order valence-electron chi connectivity index (χ2n) is 29.8. The number of phosphoric ester groups is 2. The Bertz CT molecular complexity index is 2060. The number of carbonyl (C=O) groups excluding carboxylic acids is 4. The van der Waals surface area contributed by atoms with Crippen molar-refractivity contribution in [1.29, 1.82) is 0 Å². The summed E-state index contributed by atoms with van der Waals surface area (Å²) in [6, 6.07) is 0. The van der Waals surface area contributed by atoms with Crippen molar-refractivity contribution in [3.05, 3.63) is 24.3 Å². The zero-order chi connectivity index (χ0) is 74.4. The maximum atomic E-state index is 13.1. The van der Waals surface area contributed by atoms with E-state index < -0.39 is 97.5 Å². The summed E-state index contributed by atoms with van der Waals surface area (Å²) in [7, 11) is -9.94. The molecule has 7 atom stereocenters. The van der Waals surface area contributed by atoms with Gasteiger partial charge < -0.3 is 33.8 Å². The standard InChI is InChI=1S/C82H156O17P2/c1-8-11-12-13-14-15-16-17-18-26-31-36-43-51-58-65-81(86)98-77(69-92-79(84)63-56-49-42-35-30-25-21-19-23-28-33-40-47-54-61-74(6)9-2)71-96-100(88,89)94-67-76(83)68-95-101(90,91)97-72-78(70-93-80(85)64-57-50-45-38-39-46-53-60-73(4)5)99-82(87)66-59-52-44-37-32-27-22-20-24-29-34-41-48-55-62-75(7)10-3/h15-18,73-78,83H,8-14,19-72H2,1-7H3,(H,88,89)(H,90,91)/b16-15-,18-17-/t74?,75?,76?,77-,78-/m1/s1. The molecular weight excluding hydrogens is 1320 g/mol. The molecule has 0 amide bonds. The van der Waals surface area contributed by atoms with Gasteiger partial charge in [0, 0.05) is 25.7 Å². The summed E-state index contributed by atoms with van der Waals surface area (Å²) in [5, 5.41) is 10.6. The van der Waals surface area contributed by atoms with Crippen LogP contribution in [0.1, 0.15) is 402 Å². The number of aliphatic hydroxyl groups is 1. The van der Waals surface area contributed by atoms with Crippen LogP contribution >= 0.6 is 15.6 Å². The molecule has 0 heterocycles. The Labute approximate surface area is 618 Å². The highest BCUT2D eigenvalue weighted by atomic mass is 31.2. The predicted molar refractivity (Wildman–Crippen MR) is 414 cm³/mol. The molecule has 0 saturated heterocycles. The smallest absolute Gasteiger partial charge is 0.462 e. The average Bonchev–Trinajstić information content (AvgIpc) is 0.948. The van der Waals surface area contributed by atoms with Gasteiger partial charge in [-0.1, -0.05) is 349 Å². The van der Waals surface area contributed by atoms with E-state index in [0.717, 1.165) is 121 Å². The molecule has 0 aliphatic rings. The van der Waals surface area contributed by atoms with Gasteiger partial charge in [0.25, 0.3) is 0 Å². The summed E-state index contributed by atoms with van der Waals surface area (Å²) in [5.41, 5.74) is 0. The van der Waals surface area contributed by atoms with Crippen molar-refractivity contribution < 1.29 is 80.2 Å². The summed E-state index contributed by atoms with van der Waals surface area (Å²) >= 11 is 0. The van der Waals surface area contributed by atoms with Crippen LogP contribution in [0.3, 0.4) is 0 Å². The minimum atomic E-state index is -4.97. The Balaban J connectivity index is 5.27. The lowest BCUT2D eigenvalue weighted by Crippen LogP contribution is -2.30. The lowest BCUT2D eigenvalue weighted by Gasteiger charge is -2.21. The van der Waals surface area contributed by atoms with Crippen LogP contribution in [0.15, 0.2) is 24.3 Å². The quantitative estimate of drug-likeness (QED) is 0.0169. The fourth-order valence-corrected chi connectivity index (χ4v) is 13.6. The fraction of sp³-hybridized carbons (Fsp3) is 0.902. The number of hydrogen-bond acceptors (Lipinski definition) is 15. The van der Waals surface area contributed by atoms with Crippen molar-refractivity contribution >= 4 is 39.5 Å². The number of hydrogen-bond donors (Lipinski definition) is 3. The molecule has 0 bridgehead atoms. The number of rotatable bonds is 78. The van der Waals surface area contributed by atoms with Gasteiger partial charge in [-0.15, -0.1) is 0 Å². The third kappa shape index (κ3) is 72.9. The van der Waals surface area contributed by atoms with Crippen molar-refractivity contribution in [2.45, 2.75) is 420 Å². The largest absolute Gasteiger partial charge is 0.472 e. The first kappa shape index (κ1) is 98.5. The van der Waals surface area contributed by atoms with Crippen LogP contribution in [-0.4, -0.2) is 96.7 Å². The summed E-state index contributed by atoms with van der Waals surface area (Å²) in [6.45, 7) is 11.9. The number of ether oxygens (including phenoxy) is 4. The summed E-state index contributed by atoms with van der Waals surface area (Å²) in [4.78, 5) is 73.0. The van der Waals surface area contributed by atoms with E-state index in [1.165, 1.54) is 193 Å². The molecule has 0 saturated carbocycles. The number of unbranched alkanes of at least 4 members (excludes halogenated alkanes) is 41. The van der Waals surface area contributed by atoms with Gasteiger partial charge in [0.2, 0.25) is 0 Å². The summed E-state index contributed by atoms with van der Waals surface area (Å²) in [6.07, 6.45) is 63.2. The molecule has 17 nitrogen and oxygen atoms in total. The predicted octanol–water partition coefficient (Wildman–Crippen LogP) is 24.1. The summed E-state index contributed by atoms with van der Waals surface area (Å²) in [5.74, 6) is 0.255. The average molecular weight is 1480 g/mol. The molecule has 0 fully saturated rings. The third-order valence-corrected chi connectivity index (χ3v) is 21.1. The maximum Gasteiger partial charge on any atom is 0.472 e. The monoisotopic (exact) mass is 1480 g/mol. The van der Waals surface area contributed by atoms with E-state index in [0.29, 0.717) is 31.6 Å². The van der Waals surface area contributed by atoms with Gasteiger partial charge in [0.15, 0.2) is 12.2 Å². The number of carbonyl (C=O) groups is 4. The molecule has 0 aromatic rings. The maximum absolute atomic E-state index is 13.1. The van der Waals surface area contributed by atoms with Crippen LogP contribution in [0.4, 0.5) is 0 Å². The van der Waals surface area contributed by atoms with Gasteiger partial charge in [-0.2, -0.15) is 0 Å². The third-order valence-electron chi connectivity index (χ3n) is 19.2. The highest BCUT2D eigenvalue weighted by molar-refractivity contribution is 7.47. The molecule has 0 aliphatic heterocycles. The number of esters is 4. The normalized spacial score (nSPS) is 14.6. The highest BCUT2D eigenvalue weighted by Gasteiger charge is 2.30. The van der Waals surface area contributed by atoms with Gasteiger partial charge in [0.1, 0.15) is 19.3 Å². The molecule has 0 aliphatic carbocycles. The zero-order valence-electron chi connectivity index (χ0n) is 65.9. The zero-order valence-corrected chi connectivity index (χ0v) is 67.6. The van der Waals surface area contributed by atoms with Crippen molar-refractivity contribution in [1.82, 2.24) is 0 Å². The lowest BCUT2D eigenvalue weighted by atomic mass is 9.99. The molecule has 101 heavy (non-hydrogen) atoms. The Morgan fingerprint density at radius 1 is 0.327 bits per heavy atom. The molecular formula is C82H156O17P2. The van der Waals surface area contributed by atoms with Gasteiger partial charge in [0.05, 0.1) is 26.4 Å². The topological polar surface area (TPSA) is 237 Å². The van der Waals surface area contributed by atoms with E-state index >= 15 is 0 Å². The molecule has 0 spiro atoms. The van der Waals surface area contributed by atoms with Crippen LogP contribution in [0.5, 0.6) is 0 Å². The van der Waals surface area contributed by atoms with Gasteiger partial charge in [-0.05, 0) is 69.1 Å². The first-order chi connectivity index (χ1) is 48.8. The molecule has 0 rings (SSSR count). The number of phosphoric acid groups is 2. The van der Waals surface area contributed by atoms with Gasteiger partial charge in [-0.3, -0.25) is 37.3 Å². The van der Waals surface area contributed by atoms with Crippen LogP contribution in [0.25, 0.3) is 0 Å². The fourth-order valence-electron chi connectivity index (χ4n) is 12.1. The minimum absolute atomic E-state index is 0.0851. The van der Waals surface area contributed by atoms with Gasteiger partial charge >= 0.3 is 39.5 Å². The van der Waals surface area contributed by atoms with E-state index in [-0.39, 0.29) is 25.7 Å². The SMILES string of the molecule is CCCCCC/C=C\C=C/CCCCCCCC(=O)O[C@H](COC(=O)CCCCCCCCCCCCCCCCC(C)CC)COP(=O)(O)OCC(O)COP(=O)(O)OC[C@@H](COC(=O)CCCCCCCCCC(C)C)OC(=O)CCCCCCCCCCCCCCCCC(C)CC. The highest BCUT2D eigenvalue weighted by Crippen LogP contribution is 2.45. The first-order valence-electron chi connectivity index (χ1n) is 41.7. The molecule has 596 valence electrons. The molecule has 0 aromatic carbocycles. The van der Waals surface area contributed by atoms with E-state index in [4.69, 9.17) is 37.0 Å². The molecule has 0 radical (unpaired) electrons. The van der Waals surface area contributed by atoms with E-state index in [1.54, 1.807) is 0 Å². The second kappa shape index (κ2) is 71.8. The van der Waals surface area contributed by atoms with Crippen LogP contribution in [-0.2, 0) is 65.4 Å². The number of aliphatic hydroxyl groups excluding tert-OH is 1. The van der Waals surface area contributed by atoms with Crippen LogP contribution < -0.4 is 0 Å². The number of allylic oxidation sites excluding steroid dienone is 4. The molecule has 5 unspecified atom stereocenters. The minimum Gasteiger partial charge on any atom is -0.462 e. The van der Waals surface area contributed by atoms with E-state index in [1.807, 2.05) is 0 Å². The van der Waals surface area contributed by atoms with Crippen molar-refractivity contribution in [2.24, 2.45) is 17.8 Å². The van der Waals surface area contributed by atoms with Crippen molar-refractivity contribution in [2.75, 3.05) is 39.6 Å².